The molecule has 1 aliphatic rings. The van der Waals surface area contributed by atoms with Crippen molar-refractivity contribution in [2.75, 3.05) is 6.54 Å². The van der Waals surface area contributed by atoms with E-state index in [9.17, 15) is 10.0 Å². The van der Waals surface area contributed by atoms with Gasteiger partial charge in [-0.05, 0) is 47.0 Å². The average Bonchev–Trinajstić information content (AvgIpc) is 2.13. The third-order valence-electron chi connectivity index (χ3n) is 3.01. The molecule has 0 amide bonds. The van der Waals surface area contributed by atoms with Gasteiger partial charge in [0.1, 0.15) is 0 Å². The van der Waals surface area contributed by atoms with Crippen molar-refractivity contribution in [1.29, 1.82) is 0 Å². The van der Waals surface area contributed by atoms with Gasteiger partial charge in [0.15, 0.2) is 0 Å². The molecule has 18 heavy (non-hydrogen) atoms. The summed E-state index contributed by atoms with van der Waals surface area (Å²) >= 11 is 0. The Balaban J connectivity index is 0.000000360. The van der Waals surface area contributed by atoms with E-state index < -0.39 is 0 Å². The molecule has 1 radical (unpaired) electrons. The first-order chi connectivity index (χ1) is 8.22. The number of rotatable bonds is 4. The highest BCUT2D eigenvalue weighted by atomic mass is 16.3. The summed E-state index contributed by atoms with van der Waals surface area (Å²) in [6, 6.07) is 0. The molecule has 4 heteroatoms. The van der Waals surface area contributed by atoms with Crippen LogP contribution in [0.3, 0.4) is 0 Å². The quantitative estimate of drug-likeness (QED) is 0.617. The molecule has 1 aliphatic heterocycles. The van der Waals surface area contributed by atoms with Crippen LogP contribution in [0.4, 0.5) is 0 Å². The topological polar surface area (TPSA) is 61.4 Å². The summed E-state index contributed by atoms with van der Waals surface area (Å²) in [5, 5.41) is 17.5. The number of hydrogen-bond acceptors (Lipinski definition) is 3. The monoisotopic (exact) mass is 257 g/mol. The summed E-state index contributed by atoms with van der Waals surface area (Å²) in [7, 11) is 0. The van der Waals surface area contributed by atoms with E-state index in [4.69, 9.17) is 0 Å². The zero-order valence-corrected chi connectivity index (χ0v) is 12.6. The van der Waals surface area contributed by atoms with Crippen molar-refractivity contribution in [3.05, 3.63) is 4.91 Å². The van der Waals surface area contributed by atoms with E-state index in [2.05, 4.69) is 45.1 Å². The Morgan fingerprint density at radius 1 is 1.11 bits per heavy atom. The Kier molecular flexibility index (Phi) is 7.64. The Morgan fingerprint density at radius 3 is 1.94 bits per heavy atom. The third kappa shape index (κ3) is 8.59. The second-order valence-electron chi connectivity index (χ2n) is 6.48. The van der Waals surface area contributed by atoms with E-state index in [1.54, 1.807) is 0 Å². The van der Waals surface area contributed by atoms with Crippen LogP contribution in [0.1, 0.15) is 66.7 Å². The van der Waals surface area contributed by atoms with Crippen molar-refractivity contribution in [3.63, 3.8) is 0 Å². The molecule has 0 spiro atoms. The Labute approximate surface area is 112 Å². The minimum absolute atomic E-state index is 0.0220. The van der Waals surface area contributed by atoms with Crippen LogP contribution in [0, 0.1) is 4.91 Å². The molecule has 1 rings (SSSR count). The average molecular weight is 257 g/mol. The highest BCUT2D eigenvalue weighted by Gasteiger charge is 2.37. The molecule has 1 N–H and O–H groups in total. The number of hydrogen-bond donors (Lipinski definition) is 1. The maximum Gasteiger partial charge on any atom is 0.0964 e. The van der Waals surface area contributed by atoms with Gasteiger partial charge in [-0.15, -0.1) is 0 Å². The molecule has 0 aliphatic carbocycles. The van der Waals surface area contributed by atoms with Crippen LogP contribution in [0.2, 0.25) is 0 Å². The molecule has 107 valence electrons. The fourth-order valence-corrected chi connectivity index (χ4v) is 2.65. The number of unbranched alkanes of at least 4 members (excludes halogenated alkanes) is 2. The van der Waals surface area contributed by atoms with E-state index in [1.165, 1.54) is 0 Å². The van der Waals surface area contributed by atoms with Gasteiger partial charge in [0.25, 0.3) is 0 Å². The van der Waals surface area contributed by atoms with Gasteiger partial charge in [-0.1, -0.05) is 24.9 Å². The standard InChI is InChI=1S/C9H18NO.C5H11NO/c1-8(2)5-7(11)6-9(3,4)10-8;1-2-3-4-5-6-7/h7,10H,5-6H2,1-4H3;2-5H2,1H3. The number of nitrogens with zero attached hydrogens (tertiary/aromatic N) is 1. The van der Waals surface area contributed by atoms with Crippen molar-refractivity contribution in [1.82, 2.24) is 5.32 Å². The SMILES string of the molecule is CC1(C)CC([O])CC(C)(C)N1.CCCCCN=O. The lowest BCUT2D eigenvalue weighted by Gasteiger charge is -2.44. The van der Waals surface area contributed by atoms with E-state index in [1.807, 2.05) is 0 Å². The molecular weight excluding hydrogens is 228 g/mol. The minimum atomic E-state index is -0.388. The fraction of sp³-hybridized carbons (Fsp3) is 1.00. The summed E-state index contributed by atoms with van der Waals surface area (Å²) in [6.07, 6.45) is 4.36. The second kappa shape index (κ2) is 7.85. The highest BCUT2D eigenvalue weighted by molar-refractivity contribution is 4.96. The molecule has 0 unspecified atom stereocenters. The zero-order chi connectivity index (χ0) is 14.2. The molecule has 4 nitrogen and oxygen atoms in total. The third-order valence-corrected chi connectivity index (χ3v) is 3.01. The van der Waals surface area contributed by atoms with E-state index >= 15 is 0 Å². The minimum Gasteiger partial charge on any atom is -0.307 e. The molecule has 1 fully saturated rings. The van der Waals surface area contributed by atoms with Crippen LogP contribution in [-0.4, -0.2) is 23.7 Å². The van der Waals surface area contributed by atoms with Gasteiger partial charge in [-0.3, -0.25) is 0 Å². The van der Waals surface area contributed by atoms with Gasteiger partial charge >= 0.3 is 0 Å². The summed E-state index contributed by atoms with van der Waals surface area (Å²) < 4.78 is 0. The molecule has 0 bridgehead atoms. The smallest absolute Gasteiger partial charge is 0.0964 e. The first kappa shape index (κ1) is 17.5. The van der Waals surface area contributed by atoms with Crippen molar-refractivity contribution in [2.24, 2.45) is 5.18 Å². The summed E-state index contributed by atoms with van der Waals surface area (Å²) in [6.45, 7) is 11.0. The first-order valence-corrected chi connectivity index (χ1v) is 6.97. The van der Waals surface area contributed by atoms with E-state index in [-0.39, 0.29) is 17.2 Å². The van der Waals surface area contributed by atoms with Crippen LogP contribution in [0.15, 0.2) is 5.18 Å². The van der Waals surface area contributed by atoms with E-state index in [0.717, 1.165) is 32.1 Å². The van der Waals surface area contributed by atoms with Gasteiger partial charge in [0, 0.05) is 11.1 Å². The molecule has 1 saturated heterocycles. The van der Waals surface area contributed by atoms with Gasteiger partial charge in [0.05, 0.1) is 12.6 Å². The maximum absolute atomic E-state index is 11.3. The molecule has 1 heterocycles. The number of nitroso groups, excluding NO2 is 1. The number of nitrogens with one attached hydrogen (secondary N) is 1. The van der Waals surface area contributed by atoms with Crippen LogP contribution in [-0.2, 0) is 5.11 Å². The van der Waals surface area contributed by atoms with Crippen LogP contribution >= 0.6 is 0 Å². The van der Waals surface area contributed by atoms with E-state index in [0.29, 0.717) is 6.54 Å². The largest absolute Gasteiger partial charge is 0.307 e. The Morgan fingerprint density at radius 2 is 1.61 bits per heavy atom. The van der Waals surface area contributed by atoms with Gasteiger partial charge in [-0.25, -0.2) is 5.11 Å². The van der Waals surface area contributed by atoms with Crippen LogP contribution < -0.4 is 5.32 Å². The zero-order valence-electron chi connectivity index (χ0n) is 12.6. The molecule has 0 saturated carbocycles. The van der Waals surface area contributed by atoms with Gasteiger partial charge in [-0.2, -0.15) is 4.91 Å². The number of piperidine rings is 1. The highest BCUT2D eigenvalue weighted by Crippen LogP contribution is 2.28. The molecule has 0 aromatic rings. The summed E-state index contributed by atoms with van der Waals surface area (Å²) in [4.78, 5) is 9.43. The predicted octanol–water partition coefficient (Wildman–Crippen LogP) is 3.67. The lowest BCUT2D eigenvalue weighted by Crippen LogP contribution is -2.58. The summed E-state index contributed by atoms with van der Waals surface area (Å²) in [5.41, 5.74) is 0.0440. The van der Waals surface area contributed by atoms with Crippen molar-refractivity contribution in [3.8, 4) is 0 Å². The van der Waals surface area contributed by atoms with Crippen molar-refractivity contribution >= 4 is 0 Å². The van der Waals surface area contributed by atoms with Crippen LogP contribution in [0.5, 0.6) is 0 Å². The lowest BCUT2D eigenvalue weighted by molar-refractivity contribution is -0.00692. The Hall–Kier alpha value is -0.480. The van der Waals surface area contributed by atoms with Crippen LogP contribution in [0.25, 0.3) is 0 Å². The van der Waals surface area contributed by atoms with Gasteiger partial charge < -0.3 is 5.32 Å². The van der Waals surface area contributed by atoms with Crippen molar-refractivity contribution < 1.29 is 5.11 Å². The normalized spacial score (nSPS) is 21.9. The Bertz CT molecular complexity index is 224. The lowest BCUT2D eigenvalue weighted by atomic mass is 9.81. The first-order valence-electron chi connectivity index (χ1n) is 6.97. The summed E-state index contributed by atoms with van der Waals surface area (Å²) in [5.74, 6) is 0. The fourth-order valence-electron chi connectivity index (χ4n) is 2.65. The van der Waals surface area contributed by atoms with Crippen molar-refractivity contribution in [2.45, 2.75) is 83.9 Å². The molecule has 0 atom stereocenters. The van der Waals surface area contributed by atoms with Gasteiger partial charge in [0.2, 0.25) is 0 Å². The predicted molar refractivity (Wildman–Crippen MR) is 75.2 cm³/mol. The molecular formula is C14H29N2O2. The second-order valence-corrected chi connectivity index (χ2v) is 6.48. The maximum atomic E-state index is 11.3. The molecule has 0 aromatic carbocycles. The molecule has 0 aromatic heterocycles.